The fraction of sp³-hybridized carbons (Fsp3) is 0.562. The van der Waals surface area contributed by atoms with Crippen LogP contribution in [0.1, 0.15) is 33.6 Å². The number of rotatable bonds is 9. The van der Waals surface area contributed by atoms with Crippen LogP contribution in [0.25, 0.3) is 0 Å². The molecule has 0 bridgehead atoms. The number of nitrogens with one attached hydrogen (secondary N) is 1. The van der Waals surface area contributed by atoms with Crippen LogP contribution < -0.4 is 16.0 Å². The van der Waals surface area contributed by atoms with Crippen molar-refractivity contribution in [1.29, 1.82) is 0 Å². The van der Waals surface area contributed by atoms with Gasteiger partial charge in [0.1, 0.15) is 5.82 Å². The van der Waals surface area contributed by atoms with Crippen LogP contribution in [0, 0.1) is 5.82 Å². The van der Waals surface area contributed by atoms with Crippen molar-refractivity contribution in [2.75, 3.05) is 24.5 Å². The number of carbonyl (C=O) groups is 1. The van der Waals surface area contributed by atoms with Crippen molar-refractivity contribution in [3.8, 4) is 0 Å². The van der Waals surface area contributed by atoms with Gasteiger partial charge in [0.05, 0.1) is 5.54 Å². The molecule has 4 nitrogen and oxygen atoms in total. The number of amides is 1. The molecule has 1 unspecified atom stereocenters. The van der Waals surface area contributed by atoms with Gasteiger partial charge in [0.25, 0.3) is 0 Å². The van der Waals surface area contributed by atoms with Gasteiger partial charge >= 0.3 is 0 Å². The van der Waals surface area contributed by atoms with Gasteiger partial charge in [-0.05, 0) is 51.4 Å². The molecule has 1 amide bonds. The number of benzene rings is 1. The molecule has 0 spiro atoms. The van der Waals surface area contributed by atoms with Gasteiger partial charge in [-0.2, -0.15) is 0 Å². The Labute approximate surface area is 126 Å². The molecule has 1 aromatic carbocycles. The lowest BCUT2D eigenvalue weighted by atomic mass is 9.96. The highest BCUT2D eigenvalue weighted by molar-refractivity contribution is 5.84. The SMILES string of the molecule is CCCNC(C)(CCN(CC)c1cccc(F)c1)C(N)=O. The number of hydrogen-bond donors (Lipinski definition) is 2. The molecular formula is C16H26FN3O. The molecule has 5 heteroatoms. The molecule has 0 saturated heterocycles. The molecule has 3 N–H and O–H groups in total. The predicted octanol–water partition coefficient (Wildman–Crippen LogP) is 2.29. The summed E-state index contributed by atoms with van der Waals surface area (Å²) < 4.78 is 13.3. The zero-order chi connectivity index (χ0) is 15.9. The third-order valence-electron chi connectivity index (χ3n) is 3.75. The Morgan fingerprint density at radius 3 is 2.67 bits per heavy atom. The Morgan fingerprint density at radius 1 is 1.43 bits per heavy atom. The van der Waals surface area contributed by atoms with Crippen molar-refractivity contribution in [2.24, 2.45) is 5.73 Å². The first-order valence-corrected chi connectivity index (χ1v) is 7.48. The first-order valence-electron chi connectivity index (χ1n) is 7.48. The fourth-order valence-electron chi connectivity index (χ4n) is 2.20. The second kappa shape index (κ2) is 7.98. The van der Waals surface area contributed by atoms with Gasteiger partial charge in [-0.15, -0.1) is 0 Å². The third-order valence-corrected chi connectivity index (χ3v) is 3.75. The molecule has 0 aliphatic rings. The summed E-state index contributed by atoms with van der Waals surface area (Å²) in [5, 5.41) is 3.21. The van der Waals surface area contributed by atoms with Gasteiger partial charge in [0, 0.05) is 18.8 Å². The topological polar surface area (TPSA) is 58.4 Å². The number of nitrogens with zero attached hydrogens (tertiary/aromatic N) is 1. The molecule has 0 aliphatic heterocycles. The maximum atomic E-state index is 13.3. The van der Waals surface area contributed by atoms with Gasteiger partial charge in [-0.3, -0.25) is 4.79 Å². The lowest BCUT2D eigenvalue weighted by molar-refractivity contribution is -0.124. The standard InChI is InChI=1S/C16H26FN3O/c1-4-10-19-16(3,15(18)21)9-11-20(5-2)14-8-6-7-13(17)12-14/h6-8,12,19H,4-5,9-11H2,1-3H3,(H2,18,21). The van der Waals surface area contributed by atoms with Gasteiger partial charge in [0.15, 0.2) is 0 Å². The largest absolute Gasteiger partial charge is 0.372 e. The quantitative estimate of drug-likeness (QED) is 0.735. The molecule has 0 heterocycles. The molecule has 0 radical (unpaired) electrons. The molecular weight excluding hydrogens is 269 g/mol. The smallest absolute Gasteiger partial charge is 0.237 e. The Bertz CT molecular complexity index is 467. The summed E-state index contributed by atoms with van der Waals surface area (Å²) >= 11 is 0. The molecule has 1 aromatic rings. The van der Waals surface area contributed by atoms with E-state index in [0.717, 1.165) is 25.2 Å². The maximum Gasteiger partial charge on any atom is 0.237 e. The van der Waals surface area contributed by atoms with Crippen LogP contribution in [0.4, 0.5) is 10.1 Å². The zero-order valence-electron chi connectivity index (χ0n) is 13.2. The summed E-state index contributed by atoms with van der Waals surface area (Å²) in [6, 6.07) is 6.49. The Kier molecular flexibility index (Phi) is 6.62. The van der Waals surface area contributed by atoms with Crippen LogP contribution in [0.15, 0.2) is 24.3 Å². The summed E-state index contributed by atoms with van der Waals surface area (Å²) in [4.78, 5) is 13.7. The minimum absolute atomic E-state index is 0.257. The third kappa shape index (κ3) is 5.01. The van der Waals surface area contributed by atoms with E-state index in [0.29, 0.717) is 13.0 Å². The van der Waals surface area contributed by atoms with Crippen molar-refractivity contribution in [3.05, 3.63) is 30.1 Å². The average Bonchev–Trinajstić information content (AvgIpc) is 2.45. The van der Waals surface area contributed by atoms with Crippen LogP contribution in [0.2, 0.25) is 0 Å². The fourth-order valence-corrected chi connectivity index (χ4v) is 2.20. The number of hydrogen-bond acceptors (Lipinski definition) is 3. The summed E-state index contributed by atoms with van der Waals surface area (Å²) in [5.41, 5.74) is 5.60. The van der Waals surface area contributed by atoms with E-state index in [-0.39, 0.29) is 11.7 Å². The summed E-state index contributed by atoms with van der Waals surface area (Å²) in [6.45, 7) is 7.99. The predicted molar refractivity (Wildman–Crippen MR) is 84.8 cm³/mol. The molecule has 0 aromatic heterocycles. The second-order valence-corrected chi connectivity index (χ2v) is 5.43. The van der Waals surface area contributed by atoms with Crippen molar-refractivity contribution < 1.29 is 9.18 Å². The highest BCUT2D eigenvalue weighted by Gasteiger charge is 2.30. The number of primary amides is 1. The first-order chi connectivity index (χ1) is 9.92. The zero-order valence-corrected chi connectivity index (χ0v) is 13.2. The lowest BCUT2D eigenvalue weighted by Gasteiger charge is -2.31. The van der Waals surface area contributed by atoms with E-state index in [2.05, 4.69) is 5.32 Å². The highest BCUT2D eigenvalue weighted by atomic mass is 19.1. The molecule has 1 rings (SSSR count). The Morgan fingerprint density at radius 2 is 2.14 bits per heavy atom. The minimum Gasteiger partial charge on any atom is -0.372 e. The molecule has 0 fully saturated rings. The number of nitrogens with two attached hydrogens (primary N) is 1. The lowest BCUT2D eigenvalue weighted by Crippen LogP contribution is -2.54. The Hall–Kier alpha value is -1.62. The van der Waals surface area contributed by atoms with E-state index in [9.17, 15) is 9.18 Å². The summed E-state index contributed by atoms with van der Waals surface area (Å²) in [7, 11) is 0. The van der Waals surface area contributed by atoms with E-state index >= 15 is 0 Å². The van der Waals surface area contributed by atoms with Gasteiger partial charge in [-0.1, -0.05) is 13.0 Å². The van der Waals surface area contributed by atoms with Crippen molar-refractivity contribution in [2.45, 2.75) is 39.2 Å². The van der Waals surface area contributed by atoms with Gasteiger partial charge < -0.3 is 16.0 Å². The van der Waals surface area contributed by atoms with Crippen molar-refractivity contribution in [1.82, 2.24) is 5.32 Å². The van der Waals surface area contributed by atoms with Crippen LogP contribution in [0.5, 0.6) is 0 Å². The number of anilines is 1. The molecule has 0 aliphatic carbocycles. The monoisotopic (exact) mass is 295 g/mol. The van der Waals surface area contributed by atoms with E-state index < -0.39 is 5.54 Å². The van der Waals surface area contributed by atoms with E-state index in [4.69, 9.17) is 5.73 Å². The summed E-state index contributed by atoms with van der Waals surface area (Å²) in [6.07, 6.45) is 1.51. The van der Waals surface area contributed by atoms with E-state index in [1.807, 2.05) is 31.7 Å². The van der Waals surface area contributed by atoms with Crippen LogP contribution >= 0.6 is 0 Å². The number of halogens is 1. The number of carbonyl (C=O) groups excluding carboxylic acids is 1. The molecule has 1 atom stereocenters. The minimum atomic E-state index is -0.739. The van der Waals surface area contributed by atoms with Crippen LogP contribution in [0.3, 0.4) is 0 Å². The van der Waals surface area contributed by atoms with E-state index in [1.54, 1.807) is 6.07 Å². The highest BCUT2D eigenvalue weighted by Crippen LogP contribution is 2.18. The first kappa shape index (κ1) is 17.4. The molecule has 0 saturated carbocycles. The second-order valence-electron chi connectivity index (χ2n) is 5.43. The average molecular weight is 295 g/mol. The van der Waals surface area contributed by atoms with Crippen molar-refractivity contribution >= 4 is 11.6 Å². The molecule has 118 valence electrons. The normalized spacial score (nSPS) is 13.7. The van der Waals surface area contributed by atoms with E-state index in [1.165, 1.54) is 12.1 Å². The van der Waals surface area contributed by atoms with Gasteiger partial charge in [0.2, 0.25) is 5.91 Å². The van der Waals surface area contributed by atoms with Crippen LogP contribution in [-0.4, -0.2) is 31.1 Å². The summed E-state index contributed by atoms with van der Waals surface area (Å²) in [5.74, 6) is -0.612. The van der Waals surface area contributed by atoms with Crippen LogP contribution in [-0.2, 0) is 4.79 Å². The van der Waals surface area contributed by atoms with Crippen molar-refractivity contribution in [3.63, 3.8) is 0 Å². The van der Waals surface area contributed by atoms with Gasteiger partial charge in [-0.25, -0.2) is 4.39 Å². The Balaban J connectivity index is 2.74. The maximum absolute atomic E-state index is 13.3. The molecule has 21 heavy (non-hydrogen) atoms.